The van der Waals surface area contributed by atoms with Gasteiger partial charge in [0.15, 0.2) is 0 Å². The summed E-state index contributed by atoms with van der Waals surface area (Å²) in [7, 11) is 4.22. The van der Waals surface area contributed by atoms with Crippen LogP contribution in [0, 0.1) is 0 Å². The molecule has 2 aromatic carbocycles. The van der Waals surface area contributed by atoms with E-state index in [0.717, 1.165) is 13.1 Å². The first-order valence-corrected chi connectivity index (χ1v) is 7.60. The van der Waals surface area contributed by atoms with E-state index in [0.29, 0.717) is 0 Å². The van der Waals surface area contributed by atoms with Crippen LogP contribution in [-0.4, -0.2) is 23.6 Å². The first-order chi connectivity index (χ1) is 10.7. The van der Waals surface area contributed by atoms with Crippen molar-refractivity contribution in [2.24, 2.45) is 0 Å². The second-order valence-electron chi connectivity index (χ2n) is 5.99. The Morgan fingerprint density at radius 2 is 1.86 bits per heavy atom. The Labute approximate surface area is 132 Å². The highest BCUT2D eigenvalue weighted by Gasteiger charge is 2.10. The van der Waals surface area contributed by atoms with Crippen LogP contribution in [0.5, 0.6) is 0 Å². The van der Waals surface area contributed by atoms with Gasteiger partial charge in [0.2, 0.25) is 0 Å². The highest BCUT2D eigenvalue weighted by Crippen LogP contribution is 2.25. The summed E-state index contributed by atoms with van der Waals surface area (Å²) in [6.45, 7) is 5.73. The third-order valence-corrected chi connectivity index (χ3v) is 3.91. The molecule has 2 nitrogen and oxygen atoms in total. The van der Waals surface area contributed by atoms with Gasteiger partial charge in [-0.25, -0.2) is 0 Å². The molecule has 0 fully saturated rings. The molecule has 0 saturated heterocycles. The number of nitrogens with zero attached hydrogens (tertiary/aromatic N) is 2. The van der Waals surface area contributed by atoms with Gasteiger partial charge in [-0.1, -0.05) is 49.1 Å². The number of aromatic nitrogens is 1. The van der Waals surface area contributed by atoms with Crippen LogP contribution in [0.1, 0.15) is 16.7 Å². The van der Waals surface area contributed by atoms with Gasteiger partial charge in [0, 0.05) is 30.2 Å². The molecule has 0 aliphatic heterocycles. The number of hydrogen-bond donors (Lipinski definition) is 0. The number of hydrogen-bond acceptors (Lipinski definition) is 1. The predicted molar refractivity (Wildman–Crippen MR) is 95.0 cm³/mol. The predicted octanol–water partition coefficient (Wildman–Crippen LogP) is 4.39. The van der Waals surface area contributed by atoms with E-state index >= 15 is 0 Å². The molecule has 0 N–H and O–H groups in total. The summed E-state index contributed by atoms with van der Waals surface area (Å²) in [5.41, 5.74) is 5.14. The van der Waals surface area contributed by atoms with Crippen LogP contribution >= 0.6 is 0 Å². The van der Waals surface area contributed by atoms with Gasteiger partial charge in [-0.15, -0.1) is 0 Å². The van der Waals surface area contributed by atoms with E-state index in [9.17, 15) is 0 Å². The van der Waals surface area contributed by atoms with Crippen molar-refractivity contribution < 1.29 is 0 Å². The van der Waals surface area contributed by atoms with Gasteiger partial charge < -0.3 is 9.47 Å². The van der Waals surface area contributed by atoms with Crippen molar-refractivity contribution in [1.82, 2.24) is 9.47 Å². The molecule has 0 saturated carbocycles. The zero-order chi connectivity index (χ0) is 15.5. The summed E-state index contributed by atoms with van der Waals surface area (Å²) in [5, 5.41) is 1.32. The molecule has 0 bridgehead atoms. The van der Waals surface area contributed by atoms with Crippen LogP contribution in [0.15, 0.2) is 61.3 Å². The summed E-state index contributed by atoms with van der Waals surface area (Å²) in [6, 6.07) is 17.2. The van der Waals surface area contributed by atoms with Gasteiger partial charge in [0.05, 0.1) is 0 Å². The van der Waals surface area contributed by atoms with Crippen LogP contribution in [-0.2, 0) is 13.1 Å². The maximum atomic E-state index is 3.89. The second-order valence-corrected chi connectivity index (χ2v) is 5.99. The minimum Gasteiger partial charge on any atom is -0.343 e. The number of fused-ring (bicyclic) bond motifs is 1. The smallest absolute Gasteiger partial charge is 0.0487 e. The number of rotatable bonds is 5. The molecule has 0 aliphatic carbocycles. The van der Waals surface area contributed by atoms with E-state index in [4.69, 9.17) is 0 Å². The number of benzene rings is 2. The first kappa shape index (κ1) is 14.6. The molecule has 0 spiro atoms. The molecule has 112 valence electrons. The van der Waals surface area contributed by atoms with Crippen LogP contribution in [0.4, 0.5) is 0 Å². The molecule has 3 rings (SSSR count). The van der Waals surface area contributed by atoms with Gasteiger partial charge >= 0.3 is 0 Å². The fourth-order valence-electron chi connectivity index (χ4n) is 2.89. The topological polar surface area (TPSA) is 8.17 Å². The minimum atomic E-state index is 0.901. The summed E-state index contributed by atoms with van der Waals surface area (Å²) in [5.74, 6) is 0. The molecule has 0 aliphatic rings. The lowest BCUT2D eigenvalue weighted by Crippen LogP contribution is -2.10. The maximum Gasteiger partial charge on any atom is 0.0487 e. The fraction of sp³-hybridized carbons (Fsp3) is 0.200. The zero-order valence-electron chi connectivity index (χ0n) is 13.3. The third-order valence-electron chi connectivity index (χ3n) is 3.91. The van der Waals surface area contributed by atoms with E-state index in [1.54, 1.807) is 0 Å². The standard InChI is InChI=1S/C20H22N2/c1-4-16-10-11-20-19(12-16)18(14-21(2)3)15-22(20)13-17-8-6-5-7-9-17/h4-12,15H,1,13-14H2,2-3H3. The molecule has 0 atom stereocenters. The van der Waals surface area contributed by atoms with Crippen LogP contribution in [0.25, 0.3) is 17.0 Å². The molecule has 2 heteroatoms. The minimum absolute atomic E-state index is 0.901. The quantitative estimate of drug-likeness (QED) is 0.676. The highest BCUT2D eigenvalue weighted by atomic mass is 15.1. The van der Waals surface area contributed by atoms with Crippen molar-refractivity contribution in [2.45, 2.75) is 13.1 Å². The van der Waals surface area contributed by atoms with E-state index in [1.807, 2.05) is 6.08 Å². The normalized spacial score (nSPS) is 11.2. The Bertz CT molecular complexity index is 782. The Kier molecular flexibility index (Phi) is 4.12. The Balaban J connectivity index is 2.08. The lowest BCUT2D eigenvalue weighted by atomic mass is 10.1. The summed E-state index contributed by atoms with van der Waals surface area (Å²) in [6.07, 6.45) is 4.19. The lowest BCUT2D eigenvalue weighted by Gasteiger charge is -2.08. The van der Waals surface area contributed by atoms with Gasteiger partial charge in [0.1, 0.15) is 0 Å². The molecule has 0 radical (unpaired) electrons. The van der Waals surface area contributed by atoms with Crippen molar-refractivity contribution in [3.63, 3.8) is 0 Å². The van der Waals surface area contributed by atoms with Crippen molar-refractivity contribution >= 4 is 17.0 Å². The van der Waals surface area contributed by atoms with Crippen LogP contribution in [0.2, 0.25) is 0 Å². The largest absolute Gasteiger partial charge is 0.343 e. The monoisotopic (exact) mass is 290 g/mol. The van der Waals surface area contributed by atoms with Crippen molar-refractivity contribution in [3.05, 3.63) is 78.0 Å². The maximum absolute atomic E-state index is 3.89. The summed E-state index contributed by atoms with van der Waals surface area (Å²) < 4.78 is 2.34. The molecular formula is C20H22N2. The first-order valence-electron chi connectivity index (χ1n) is 7.60. The van der Waals surface area contributed by atoms with E-state index in [2.05, 4.69) is 84.9 Å². The van der Waals surface area contributed by atoms with E-state index in [1.165, 1.54) is 27.6 Å². The summed E-state index contributed by atoms with van der Waals surface area (Å²) in [4.78, 5) is 2.21. The average Bonchev–Trinajstić information content (AvgIpc) is 2.84. The SMILES string of the molecule is C=Cc1ccc2c(c1)c(CN(C)C)cn2Cc1ccccc1. The van der Waals surface area contributed by atoms with Crippen molar-refractivity contribution in [3.8, 4) is 0 Å². The Morgan fingerprint density at radius 1 is 1.09 bits per heavy atom. The third kappa shape index (κ3) is 2.97. The zero-order valence-corrected chi connectivity index (χ0v) is 13.3. The Hall–Kier alpha value is -2.32. The van der Waals surface area contributed by atoms with Crippen molar-refractivity contribution in [1.29, 1.82) is 0 Å². The molecule has 0 unspecified atom stereocenters. The van der Waals surface area contributed by atoms with Gasteiger partial charge in [0.25, 0.3) is 0 Å². The van der Waals surface area contributed by atoms with Gasteiger partial charge in [-0.3, -0.25) is 0 Å². The second kappa shape index (κ2) is 6.20. The van der Waals surface area contributed by atoms with Crippen LogP contribution < -0.4 is 0 Å². The highest BCUT2D eigenvalue weighted by molar-refractivity contribution is 5.86. The Morgan fingerprint density at radius 3 is 2.55 bits per heavy atom. The van der Waals surface area contributed by atoms with E-state index in [-0.39, 0.29) is 0 Å². The summed E-state index contributed by atoms with van der Waals surface area (Å²) >= 11 is 0. The average molecular weight is 290 g/mol. The molecule has 0 amide bonds. The van der Waals surface area contributed by atoms with Crippen molar-refractivity contribution in [2.75, 3.05) is 14.1 Å². The molecule has 1 aromatic heterocycles. The van der Waals surface area contributed by atoms with Crippen LogP contribution in [0.3, 0.4) is 0 Å². The fourth-order valence-corrected chi connectivity index (χ4v) is 2.89. The molecule has 22 heavy (non-hydrogen) atoms. The molecule has 1 heterocycles. The van der Waals surface area contributed by atoms with E-state index < -0.39 is 0 Å². The van der Waals surface area contributed by atoms with Gasteiger partial charge in [-0.2, -0.15) is 0 Å². The lowest BCUT2D eigenvalue weighted by molar-refractivity contribution is 0.403. The molecular weight excluding hydrogens is 268 g/mol. The van der Waals surface area contributed by atoms with Gasteiger partial charge in [-0.05, 0) is 42.9 Å². The molecule has 3 aromatic rings.